The molecule has 0 atom stereocenters. The van der Waals surface area contributed by atoms with Gasteiger partial charge in [0.15, 0.2) is 5.82 Å². The van der Waals surface area contributed by atoms with Gasteiger partial charge in [0.1, 0.15) is 0 Å². The van der Waals surface area contributed by atoms with Crippen LogP contribution in [0.5, 0.6) is 0 Å². The molecule has 2 amide bonds. The number of aromatic nitrogens is 4. The van der Waals surface area contributed by atoms with Crippen molar-refractivity contribution in [1.29, 1.82) is 0 Å². The van der Waals surface area contributed by atoms with Crippen LogP contribution in [0.25, 0.3) is 17.2 Å². The summed E-state index contributed by atoms with van der Waals surface area (Å²) in [6.45, 7) is 9.93. The Morgan fingerprint density at radius 3 is 2.38 bits per heavy atom. The Balaban J connectivity index is 1.53. The number of nitrogens with zero attached hydrogens (tertiary/aromatic N) is 6. The van der Waals surface area contributed by atoms with E-state index in [4.69, 9.17) is 4.74 Å². The zero-order chi connectivity index (χ0) is 22.8. The summed E-state index contributed by atoms with van der Waals surface area (Å²) in [5.74, 6) is 1.16. The molecule has 2 aromatic heterocycles. The summed E-state index contributed by atoms with van der Waals surface area (Å²) in [5.41, 5.74) is 4.55. The molecule has 9 nitrogen and oxygen atoms in total. The van der Waals surface area contributed by atoms with E-state index in [2.05, 4.69) is 15.1 Å². The van der Waals surface area contributed by atoms with Crippen LogP contribution in [-0.4, -0.2) is 74.2 Å². The fourth-order valence-electron chi connectivity index (χ4n) is 4.02. The molecule has 0 N–H and O–H groups in total. The van der Waals surface area contributed by atoms with E-state index < -0.39 is 0 Å². The van der Waals surface area contributed by atoms with Crippen molar-refractivity contribution in [1.82, 2.24) is 29.4 Å². The first kappa shape index (κ1) is 21.7. The van der Waals surface area contributed by atoms with Gasteiger partial charge in [-0.2, -0.15) is 4.98 Å². The molecule has 0 spiro atoms. The van der Waals surface area contributed by atoms with Crippen molar-refractivity contribution in [2.45, 2.75) is 34.1 Å². The highest BCUT2D eigenvalue weighted by molar-refractivity contribution is 5.80. The van der Waals surface area contributed by atoms with Gasteiger partial charge in [0.2, 0.25) is 5.91 Å². The maximum atomic E-state index is 13.0. The topological polar surface area (TPSA) is 92.9 Å². The number of hydrogen-bond donors (Lipinski definition) is 0. The van der Waals surface area contributed by atoms with Gasteiger partial charge in [0.25, 0.3) is 5.78 Å². The zero-order valence-corrected chi connectivity index (χ0v) is 19.0. The van der Waals surface area contributed by atoms with Crippen molar-refractivity contribution in [2.75, 3.05) is 32.8 Å². The second-order valence-corrected chi connectivity index (χ2v) is 7.97. The molecule has 4 rings (SSSR count). The molecule has 9 heteroatoms. The van der Waals surface area contributed by atoms with E-state index in [1.165, 1.54) is 0 Å². The molecule has 0 aliphatic carbocycles. The number of benzene rings is 1. The van der Waals surface area contributed by atoms with Crippen LogP contribution >= 0.6 is 0 Å². The Bertz CT molecular complexity index is 1160. The second kappa shape index (κ2) is 8.94. The molecule has 0 radical (unpaired) electrons. The van der Waals surface area contributed by atoms with Crippen LogP contribution in [0.3, 0.4) is 0 Å². The van der Waals surface area contributed by atoms with E-state index in [9.17, 15) is 9.59 Å². The second-order valence-electron chi connectivity index (χ2n) is 7.97. The van der Waals surface area contributed by atoms with Crippen LogP contribution < -0.4 is 0 Å². The standard InChI is InChI=1S/C23H28N6O3/c1-5-32-23(31)28-12-10-27(11-13-28)20(30)14-19-16(3)24-22-25-21(26-29(22)17(19)4)18-9-7-6-8-15(18)2/h6-9H,5,10-14H2,1-4H3. The third-order valence-electron chi connectivity index (χ3n) is 5.92. The van der Waals surface area contributed by atoms with Crippen molar-refractivity contribution in [3.63, 3.8) is 0 Å². The summed E-state index contributed by atoms with van der Waals surface area (Å²) in [5, 5.41) is 4.67. The predicted molar refractivity (Wildman–Crippen MR) is 119 cm³/mol. The first-order valence-corrected chi connectivity index (χ1v) is 10.9. The minimum Gasteiger partial charge on any atom is -0.450 e. The van der Waals surface area contributed by atoms with Gasteiger partial charge >= 0.3 is 6.09 Å². The lowest BCUT2D eigenvalue weighted by molar-refractivity contribution is -0.132. The van der Waals surface area contributed by atoms with E-state index in [0.29, 0.717) is 44.4 Å². The van der Waals surface area contributed by atoms with Crippen LogP contribution in [0.4, 0.5) is 4.79 Å². The molecule has 32 heavy (non-hydrogen) atoms. The van der Waals surface area contributed by atoms with Crippen LogP contribution in [0.1, 0.15) is 29.4 Å². The van der Waals surface area contributed by atoms with Crippen LogP contribution in [-0.2, 0) is 16.0 Å². The molecular weight excluding hydrogens is 408 g/mol. The maximum Gasteiger partial charge on any atom is 0.409 e. The predicted octanol–water partition coefficient (Wildman–Crippen LogP) is 2.56. The third-order valence-corrected chi connectivity index (χ3v) is 5.92. The highest BCUT2D eigenvalue weighted by atomic mass is 16.6. The summed E-state index contributed by atoms with van der Waals surface area (Å²) >= 11 is 0. The van der Waals surface area contributed by atoms with Gasteiger partial charge in [-0.05, 0) is 33.3 Å². The molecule has 0 unspecified atom stereocenters. The average molecular weight is 437 g/mol. The molecule has 168 valence electrons. The van der Waals surface area contributed by atoms with Crippen molar-refractivity contribution < 1.29 is 14.3 Å². The Labute approximate surface area is 187 Å². The summed E-state index contributed by atoms with van der Waals surface area (Å²) < 4.78 is 6.76. The monoisotopic (exact) mass is 436 g/mol. The number of aryl methyl sites for hydroxylation is 3. The molecule has 3 aromatic rings. The quantitative estimate of drug-likeness (QED) is 0.624. The first-order chi connectivity index (χ1) is 15.4. The Morgan fingerprint density at radius 2 is 1.69 bits per heavy atom. The Kier molecular flexibility index (Phi) is 6.07. The van der Waals surface area contributed by atoms with Gasteiger partial charge in [-0.15, -0.1) is 5.10 Å². The van der Waals surface area contributed by atoms with E-state index in [1.807, 2.05) is 45.0 Å². The number of piperazine rings is 1. The maximum absolute atomic E-state index is 13.0. The van der Waals surface area contributed by atoms with Gasteiger partial charge in [-0.25, -0.2) is 14.3 Å². The number of carbonyl (C=O) groups excluding carboxylic acids is 2. The fourth-order valence-corrected chi connectivity index (χ4v) is 4.02. The molecule has 3 heterocycles. The number of rotatable bonds is 4. The highest BCUT2D eigenvalue weighted by Gasteiger charge is 2.26. The van der Waals surface area contributed by atoms with E-state index in [-0.39, 0.29) is 18.4 Å². The smallest absolute Gasteiger partial charge is 0.409 e. The van der Waals surface area contributed by atoms with E-state index >= 15 is 0 Å². The number of amides is 2. The van der Waals surface area contributed by atoms with Crippen molar-refractivity contribution in [2.24, 2.45) is 0 Å². The van der Waals surface area contributed by atoms with Crippen molar-refractivity contribution in [3.8, 4) is 11.4 Å². The number of ether oxygens (including phenoxy) is 1. The lowest BCUT2D eigenvalue weighted by Gasteiger charge is -2.34. The number of carbonyl (C=O) groups is 2. The van der Waals surface area contributed by atoms with Crippen LogP contribution in [0.2, 0.25) is 0 Å². The lowest BCUT2D eigenvalue weighted by Crippen LogP contribution is -2.51. The zero-order valence-electron chi connectivity index (χ0n) is 19.0. The average Bonchev–Trinajstić information content (AvgIpc) is 3.21. The summed E-state index contributed by atoms with van der Waals surface area (Å²) in [7, 11) is 0. The van der Waals surface area contributed by atoms with Gasteiger partial charge in [0, 0.05) is 48.7 Å². The fraction of sp³-hybridized carbons (Fsp3) is 0.435. The van der Waals surface area contributed by atoms with Crippen LogP contribution in [0.15, 0.2) is 24.3 Å². The van der Waals surface area contributed by atoms with Gasteiger partial charge < -0.3 is 14.5 Å². The molecule has 0 bridgehead atoms. The Hall–Kier alpha value is -3.49. The van der Waals surface area contributed by atoms with Gasteiger partial charge in [-0.3, -0.25) is 4.79 Å². The summed E-state index contributed by atoms with van der Waals surface area (Å²) in [6.07, 6.45) is -0.0869. The lowest BCUT2D eigenvalue weighted by atomic mass is 10.1. The first-order valence-electron chi connectivity index (χ1n) is 10.9. The molecular formula is C23H28N6O3. The number of fused-ring (bicyclic) bond motifs is 1. The molecule has 1 aliphatic heterocycles. The van der Waals surface area contributed by atoms with E-state index in [1.54, 1.807) is 21.2 Å². The third kappa shape index (κ3) is 4.15. The SMILES string of the molecule is CCOC(=O)N1CCN(C(=O)Cc2c(C)nc3nc(-c4ccccc4C)nn3c2C)CC1. The summed E-state index contributed by atoms with van der Waals surface area (Å²) in [4.78, 5) is 37.5. The molecule has 1 saturated heterocycles. The number of hydrogen-bond acceptors (Lipinski definition) is 6. The molecule has 1 aromatic carbocycles. The van der Waals surface area contributed by atoms with Crippen molar-refractivity contribution >= 4 is 17.8 Å². The summed E-state index contributed by atoms with van der Waals surface area (Å²) in [6, 6.07) is 7.97. The normalized spacial score (nSPS) is 14.1. The Morgan fingerprint density at radius 1 is 1.00 bits per heavy atom. The van der Waals surface area contributed by atoms with Crippen LogP contribution in [0, 0.1) is 20.8 Å². The largest absolute Gasteiger partial charge is 0.450 e. The minimum absolute atomic E-state index is 0.0140. The van der Waals surface area contributed by atoms with Gasteiger partial charge in [0.05, 0.1) is 13.0 Å². The highest BCUT2D eigenvalue weighted by Crippen LogP contribution is 2.22. The van der Waals surface area contributed by atoms with E-state index in [0.717, 1.165) is 28.1 Å². The molecule has 0 saturated carbocycles. The minimum atomic E-state index is -0.323. The van der Waals surface area contributed by atoms with Gasteiger partial charge in [-0.1, -0.05) is 24.3 Å². The molecule has 1 aliphatic rings. The van der Waals surface area contributed by atoms with Crippen molar-refractivity contribution in [3.05, 3.63) is 46.8 Å². The molecule has 1 fully saturated rings.